The van der Waals surface area contributed by atoms with Gasteiger partial charge in [0, 0.05) is 40.7 Å². The van der Waals surface area contributed by atoms with Crippen molar-refractivity contribution in [3.05, 3.63) is 56.8 Å². The summed E-state index contributed by atoms with van der Waals surface area (Å²) in [5.74, 6) is -0.0472. The summed E-state index contributed by atoms with van der Waals surface area (Å²) >= 11 is 7.73. The molecular weight excluding hydrogens is 458 g/mol. The van der Waals surface area contributed by atoms with E-state index in [-0.39, 0.29) is 17.7 Å². The Bertz CT molecular complexity index is 1190. The number of aromatic nitrogens is 3. The molecule has 3 aromatic rings. The molecule has 0 saturated carbocycles. The number of rotatable bonds is 5. The molecule has 1 aliphatic heterocycles. The Morgan fingerprint density at radius 1 is 1.18 bits per heavy atom. The summed E-state index contributed by atoms with van der Waals surface area (Å²) in [5, 5.41) is 10.8. The Labute approximate surface area is 202 Å². The van der Waals surface area contributed by atoms with Gasteiger partial charge in [-0.1, -0.05) is 17.7 Å². The zero-order valence-corrected chi connectivity index (χ0v) is 20.9. The van der Waals surface area contributed by atoms with Gasteiger partial charge in [0.2, 0.25) is 11.8 Å². The van der Waals surface area contributed by atoms with E-state index in [4.69, 9.17) is 11.6 Å². The summed E-state index contributed by atoms with van der Waals surface area (Å²) in [7, 11) is 0. The maximum atomic E-state index is 13.0. The Kier molecular flexibility index (Phi) is 6.86. The smallest absolute Gasteiger partial charge is 0.229 e. The third-order valence-corrected chi connectivity index (χ3v) is 7.52. The summed E-state index contributed by atoms with van der Waals surface area (Å²) in [6, 6.07) is 5.84. The number of nitrogens with zero attached hydrogens (tertiary/aromatic N) is 4. The molecule has 33 heavy (non-hydrogen) atoms. The maximum Gasteiger partial charge on any atom is 0.229 e. The molecule has 2 amide bonds. The predicted molar refractivity (Wildman–Crippen MR) is 131 cm³/mol. The van der Waals surface area contributed by atoms with Crippen molar-refractivity contribution in [2.24, 2.45) is 5.92 Å². The van der Waals surface area contributed by atoms with E-state index >= 15 is 0 Å². The lowest BCUT2D eigenvalue weighted by atomic mass is 9.95. The molecule has 3 heterocycles. The number of carbonyl (C=O) groups excluding carboxylic acids is 2. The van der Waals surface area contributed by atoms with Crippen molar-refractivity contribution in [3.8, 4) is 5.69 Å². The molecule has 1 fully saturated rings. The molecule has 1 aromatic carbocycles. The zero-order chi connectivity index (χ0) is 23.7. The first kappa shape index (κ1) is 23.4. The van der Waals surface area contributed by atoms with Gasteiger partial charge in [-0.3, -0.25) is 9.59 Å². The van der Waals surface area contributed by atoms with Crippen molar-refractivity contribution >= 4 is 39.9 Å². The van der Waals surface area contributed by atoms with Gasteiger partial charge in [0.25, 0.3) is 0 Å². The van der Waals surface area contributed by atoms with Crippen LogP contribution in [0.25, 0.3) is 5.69 Å². The minimum atomic E-state index is -0.101. The molecule has 7 nitrogen and oxygen atoms in total. The second-order valence-electron chi connectivity index (χ2n) is 8.61. The van der Waals surface area contributed by atoms with Crippen molar-refractivity contribution in [2.75, 3.05) is 18.4 Å². The molecule has 0 bridgehead atoms. The van der Waals surface area contributed by atoms with Crippen LogP contribution in [0.1, 0.15) is 41.1 Å². The van der Waals surface area contributed by atoms with Crippen molar-refractivity contribution in [2.45, 2.75) is 47.0 Å². The lowest BCUT2D eigenvalue weighted by Crippen LogP contribution is -2.42. The average molecular weight is 486 g/mol. The fourth-order valence-electron chi connectivity index (χ4n) is 4.17. The SMILES string of the molecule is Cc1csc(NC(=O)C2CCN(C(=O)Cc3c(C)nn(-c4ccc(C)c(Cl)c4)c3C)CC2)n1. The van der Waals surface area contributed by atoms with Crippen molar-refractivity contribution in [1.82, 2.24) is 19.7 Å². The molecule has 1 saturated heterocycles. The quantitative estimate of drug-likeness (QED) is 0.571. The molecule has 0 atom stereocenters. The average Bonchev–Trinajstić information content (AvgIpc) is 3.33. The molecule has 0 radical (unpaired) electrons. The highest BCUT2D eigenvalue weighted by atomic mass is 35.5. The van der Waals surface area contributed by atoms with Crippen LogP contribution in [0.15, 0.2) is 23.6 Å². The first-order valence-electron chi connectivity index (χ1n) is 11.1. The van der Waals surface area contributed by atoms with Gasteiger partial charge in [-0.05, 0) is 58.2 Å². The number of aryl methyl sites for hydroxylation is 3. The zero-order valence-electron chi connectivity index (χ0n) is 19.3. The van der Waals surface area contributed by atoms with Crippen molar-refractivity contribution < 1.29 is 9.59 Å². The molecule has 9 heteroatoms. The summed E-state index contributed by atoms with van der Waals surface area (Å²) in [6.07, 6.45) is 1.61. The van der Waals surface area contributed by atoms with E-state index in [1.807, 2.05) is 60.9 Å². The number of thiazole rings is 1. The van der Waals surface area contributed by atoms with Crippen LogP contribution in [0.5, 0.6) is 0 Å². The normalized spacial score (nSPS) is 14.5. The molecule has 4 rings (SSSR count). The minimum absolute atomic E-state index is 0.0128. The molecule has 2 aromatic heterocycles. The van der Waals surface area contributed by atoms with Crippen LogP contribution in [0.2, 0.25) is 5.02 Å². The van der Waals surface area contributed by atoms with E-state index in [2.05, 4.69) is 15.4 Å². The number of piperidine rings is 1. The molecule has 0 spiro atoms. The Morgan fingerprint density at radius 3 is 2.55 bits per heavy atom. The Hall–Kier alpha value is -2.71. The van der Waals surface area contributed by atoms with Crippen molar-refractivity contribution in [1.29, 1.82) is 0 Å². The van der Waals surface area contributed by atoms with Crippen LogP contribution >= 0.6 is 22.9 Å². The molecule has 1 N–H and O–H groups in total. The summed E-state index contributed by atoms with van der Waals surface area (Å²) < 4.78 is 1.85. The first-order chi connectivity index (χ1) is 15.7. The number of amides is 2. The fourth-order valence-corrected chi connectivity index (χ4v) is 5.03. The van der Waals surface area contributed by atoms with Crippen LogP contribution in [-0.4, -0.2) is 44.6 Å². The molecule has 0 aliphatic carbocycles. The molecular formula is C24H28ClN5O2S. The summed E-state index contributed by atoms with van der Waals surface area (Å²) in [5.41, 5.74) is 5.51. The van der Waals surface area contributed by atoms with Gasteiger partial charge in [-0.2, -0.15) is 5.10 Å². The van der Waals surface area contributed by atoms with E-state index in [1.54, 1.807) is 0 Å². The van der Waals surface area contributed by atoms with E-state index in [1.165, 1.54) is 11.3 Å². The summed E-state index contributed by atoms with van der Waals surface area (Å²) in [4.78, 5) is 31.7. The van der Waals surface area contributed by atoms with Crippen LogP contribution in [0.3, 0.4) is 0 Å². The number of hydrogen-bond donors (Lipinski definition) is 1. The number of likely N-dealkylation sites (tertiary alicyclic amines) is 1. The van der Waals surface area contributed by atoms with Gasteiger partial charge in [-0.25, -0.2) is 9.67 Å². The van der Waals surface area contributed by atoms with Gasteiger partial charge < -0.3 is 10.2 Å². The molecule has 1 aliphatic rings. The third kappa shape index (κ3) is 5.12. The highest BCUT2D eigenvalue weighted by Gasteiger charge is 2.28. The molecule has 0 unspecified atom stereocenters. The number of hydrogen-bond acceptors (Lipinski definition) is 5. The van der Waals surface area contributed by atoms with Crippen LogP contribution < -0.4 is 5.32 Å². The Balaban J connectivity index is 1.38. The number of benzene rings is 1. The van der Waals surface area contributed by atoms with Crippen LogP contribution in [0.4, 0.5) is 5.13 Å². The molecule has 174 valence electrons. The standard InChI is InChI=1S/C24H28ClN5O2S/c1-14-5-6-19(11-21(14)25)30-17(4)20(16(3)28-30)12-22(31)29-9-7-18(8-10-29)23(32)27-24-26-15(2)13-33-24/h5-6,11,13,18H,7-10,12H2,1-4H3,(H,26,27,32). The third-order valence-electron chi connectivity index (χ3n) is 6.24. The monoisotopic (exact) mass is 485 g/mol. The lowest BCUT2D eigenvalue weighted by molar-refractivity contribution is -0.133. The van der Waals surface area contributed by atoms with E-state index in [0.717, 1.165) is 33.9 Å². The van der Waals surface area contributed by atoms with E-state index in [9.17, 15) is 9.59 Å². The van der Waals surface area contributed by atoms with Gasteiger partial charge in [-0.15, -0.1) is 11.3 Å². The van der Waals surface area contributed by atoms with Gasteiger partial charge in [0.15, 0.2) is 5.13 Å². The van der Waals surface area contributed by atoms with Gasteiger partial charge >= 0.3 is 0 Å². The van der Waals surface area contributed by atoms with Crippen molar-refractivity contribution in [3.63, 3.8) is 0 Å². The van der Waals surface area contributed by atoms with Crippen LogP contribution in [-0.2, 0) is 16.0 Å². The number of halogens is 1. The number of nitrogens with one attached hydrogen (secondary N) is 1. The largest absolute Gasteiger partial charge is 0.342 e. The number of carbonyl (C=O) groups is 2. The fraction of sp³-hybridized carbons (Fsp3) is 0.417. The van der Waals surface area contributed by atoms with E-state index < -0.39 is 0 Å². The topological polar surface area (TPSA) is 80.1 Å². The highest BCUT2D eigenvalue weighted by molar-refractivity contribution is 7.13. The summed E-state index contributed by atoms with van der Waals surface area (Å²) in [6.45, 7) is 8.93. The number of anilines is 1. The van der Waals surface area contributed by atoms with Gasteiger partial charge in [0.1, 0.15) is 0 Å². The van der Waals surface area contributed by atoms with Crippen LogP contribution in [0, 0.1) is 33.6 Å². The van der Waals surface area contributed by atoms with Gasteiger partial charge in [0.05, 0.1) is 23.5 Å². The highest BCUT2D eigenvalue weighted by Crippen LogP contribution is 2.25. The van der Waals surface area contributed by atoms with E-state index in [0.29, 0.717) is 42.5 Å². The first-order valence-corrected chi connectivity index (χ1v) is 12.3. The Morgan fingerprint density at radius 2 is 1.91 bits per heavy atom. The second kappa shape index (κ2) is 9.65. The predicted octanol–water partition coefficient (Wildman–Crippen LogP) is 4.64. The second-order valence-corrected chi connectivity index (χ2v) is 9.88. The maximum absolute atomic E-state index is 13.0. The minimum Gasteiger partial charge on any atom is -0.342 e. The lowest BCUT2D eigenvalue weighted by Gasteiger charge is -2.31.